The van der Waals surface area contributed by atoms with E-state index < -0.39 is 23.1 Å². The summed E-state index contributed by atoms with van der Waals surface area (Å²) in [5.41, 5.74) is -0.659. The first kappa shape index (κ1) is 19.5. The van der Waals surface area contributed by atoms with Gasteiger partial charge >= 0.3 is 6.09 Å². The van der Waals surface area contributed by atoms with Crippen molar-refractivity contribution in [2.24, 2.45) is 0 Å². The van der Waals surface area contributed by atoms with Crippen LogP contribution >= 0.6 is 0 Å². The predicted octanol–water partition coefficient (Wildman–Crippen LogP) is 4.29. The van der Waals surface area contributed by atoms with Crippen LogP contribution in [0.3, 0.4) is 0 Å². The van der Waals surface area contributed by atoms with Gasteiger partial charge in [-0.15, -0.1) is 0 Å². The van der Waals surface area contributed by atoms with Gasteiger partial charge in [-0.3, -0.25) is 4.79 Å². The number of para-hydroxylation sites is 1. The zero-order chi connectivity index (χ0) is 20.5. The monoisotopic (exact) mass is 383 g/mol. The third-order valence-electron chi connectivity index (χ3n) is 4.01. The summed E-state index contributed by atoms with van der Waals surface area (Å²) in [6.45, 7) is 7.24. The third-order valence-corrected chi connectivity index (χ3v) is 4.01. The molecule has 0 N–H and O–H groups in total. The van der Waals surface area contributed by atoms with Crippen LogP contribution in [0.5, 0.6) is 0 Å². The van der Waals surface area contributed by atoms with Crippen molar-refractivity contribution in [1.29, 1.82) is 0 Å². The first-order chi connectivity index (χ1) is 13.2. The molecule has 0 aliphatic carbocycles. The fraction of sp³-hybridized carbons (Fsp3) is 0.286. The van der Waals surface area contributed by atoms with Crippen LogP contribution in [0.25, 0.3) is 16.6 Å². The van der Waals surface area contributed by atoms with Crippen molar-refractivity contribution < 1.29 is 13.9 Å². The fourth-order valence-corrected chi connectivity index (χ4v) is 2.84. The van der Waals surface area contributed by atoms with Crippen LogP contribution in [-0.2, 0) is 4.74 Å². The standard InChI is InChI=1S/C21H22FN3O3/c1-5-24(20(27)28-21(2,3)4)19-23-16-13-9-12-15(22)17(16)18(26)25(19)14-10-7-6-8-11-14/h6-13H,5H2,1-4H3. The number of nitrogens with zero attached hydrogens (tertiary/aromatic N) is 3. The molecule has 0 fully saturated rings. The van der Waals surface area contributed by atoms with Gasteiger partial charge in [-0.2, -0.15) is 0 Å². The number of benzene rings is 2. The van der Waals surface area contributed by atoms with Crippen LogP contribution in [0.2, 0.25) is 0 Å². The summed E-state index contributed by atoms with van der Waals surface area (Å²) in [7, 11) is 0. The van der Waals surface area contributed by atoms with E-state index in [2.05, 4.69) is 4.98 Å². The average molecular weight is 383 g/mol. The molecule has 0 spiro atoms. The molecule has 3 rings (SSSR count). The van der Waals surface area contributed by atoms with Crippen LogP contribution < -0.4 is 10.5 Å². The maximum atomic E-state index is 14.4. The molecule has 28 heavy (non-hydrogen) atoms. The molecule has 0 bridgehead atoms. The maximum Gasteiger partial charge on any atom is 0.417 e. The highest BCUT2D eigenvalue weighted by Crippen LogP contribution is 2.22. The molecule has 0 atom stereocenters. The lowest BCUT2D eigenvalue weighted by molar-refractivity contribution is 0.0579. The minimum absolute atomic E-state index is 0.0750. The number of rotatable bonds is 3. The van der Waals surface area contributed by atoms with Crippen molar-refractivity contribution >= 4 is 22.9 Å². The van der Waals surface area contributed by atoms with E-state index in [0.29, 0.717) is 5.69 Å². The molecule has 1 heterocycles. The van der Waals surface area contributed by atoms with Gasteiger partial charge in [0.25, 0.3) is 5.56 Å². The first-order valence-corrected chi connectivity index (χ1v) is 9.00. The van der Waals surface area contributed by atoms with Gasteiger partial charge in [0.15, 0.2) is 0 Å². The summed E-state index contributed by atoms with van der Waals surface area (Å²) in [4.78, 5) is 31.7. The number of carbonyl (C=O) groups excluding carboxylic acids is 1. The van der Waals surface area contributed by atoms with Gasteiger partial charge in [-0.25, -0.2) is 23.6 Å². The lowest BCUT2D eigenvalue weighted by Crippen LogP contribution is -2.40. The maximum absolute atomic E-state index is 14.4. The van der Waals surface area contributed by atoms with Gasteiger partial charge < -0.3 is 4.74 Å². The van der Waals surface area contributed by atoms with Crippen LogP contribution in [-0.4, -0.2) is 27.8 Å². The molecule has 7 heteroatoms. The topological polar surface area (TPSA) is 64.4 Å². The number of fused-ring (bicyclic) bond motifs is 1. The molecule has 1 amide bonds. The largest absolute Gasteiger partial charge is 0.443 e. The molecule has 0 aliphatic rings. The lowest BCUT2D eigenvalue weighted by atomic mass is 10.2. The second-order valence-electron chi connectivity index (χ2n) is 7.25. The zero-order valence-electron chi connectivity index (χ0n) is 16.3. The summed E-state index contributed by atoms with van der Waals surface area (Å²) < 4.78 is 21.1. The van der Waals surface area contributed by atoms with Gasteiger partial charge in [0, 0.05) is 6.54 Å². The Balaban J connectivity index is 2.31. The molecule has 0 radical (unpaired) electrons. The highest BCUT2D eigenvalue weighted by Gasteiger charge is 2.27. The fourth-order valence-electron chi connectivity index (χ4n) is 2.84. The summed E-state index contributed by atoms with van der Waals surface area (Å²) in [5.74, 6) is -0.586. The Morgan fingerprint density at radius 3 is 2.43 bits per heavy atom. The minimum Gasteiger partial charge on any atom is -0.443 e. The molecule has 3 aromatic rings. The van der Waals surface area contributed by atoms with Crippen molar-refractivity contribution in [3.05, 3.63) is 64.7 Å². The zero-order valence-corrected chi connectivity index (χ0v) is 16.3. The Bertz CT molecular complexity index is 1070. The van der Waals surface area contributed by atoms with E-state index in [9.17, 15) is 14.0 Å². The summed E-state index contributed by atoms with van der Waals surface area (Å²) in [5, 5.41) is -0.129. The quantitative estimate of drug-likeness (QED) is 0.677. The molecule has 146 valence electrons. The highest BCUT2D eigenvalue weighted by atomic mass is 19.1. The number of amides is 1. The Labute approximate surface area is 162 Å². The summed E-state index contributed by atoms with van der Waals surface area (Å²) in [6, 6.07) is 12.9. The number of anilines is 1. The molecule has 0 saturated heterocycles. The predicted molar refractivity (Wildman–Crippen MR) is 107 cm³/mol. The number of hydrogen-bond acceptors (Lipinski definition) is 4. The van der Waals surface area contributed by atoms with E-state index >= 15 is 0 Å². The Hall–Kier alpha value is -3.22. The van der Waals surface area contributed by atoms with E-state index in [-0.39, 0.29) is 23.4 Å². The molecule has 0 aliphatic heterocycles. The first-order valence-electron chi connectivity index (χ1n) is 9.00. The molecule has 2 aromatic carbocycles. The number of hydrogen-bond donors (Lipinski definition) is 0. The highest BCUT2D eigenvalue weighted by molar-refractivity contribution is 5.88. The van der Waals surface area contributed by atoms with Crippen LogP contribution in [0, 0.1) is 5.82 Å². The van der Waals surface area contributed by atoms with Crippen molar-refractivity contribution in [3.8, 4) is 5.69 Å². The second-order valence-corrected chi connectivity index (χ2v) is 7.25. The minimum atomic E-state index is -0.717. The van der Waals surface area contributed by atoms with E-state index in [1.165, 1.54) is 21.6 Å². The molecular formula is C21H22FN3O3. The number of aromatic nitrogens is 2. The number of carbonyl (C=O) groups is 1. The van der Waals surface area contributed by atoms with Crippen molar-refractivity contribution in [2.45, 2.75) is 33.3 Å². The van der Waals surface area contributed by atoms with E-state index in [0.717, 1.165) is 0 Å². The van der Waals surface area contributed by atoms with Gasteiger partial charge in [0.2, 0.25) is 5.95 Å². The smallest absolute Gasteiger partial charge is 0.417 e. The van der Waals surface area contributed by atoms with Gasteiger partial charge in [0.1, 0.15) is 16.8 Å². The van der Waals surface area contributed by atoms with E-state index in [1.807, 2.05) is 0 Å². The third kappa shape index (κ3) is 3.74. The van der Waals surface area contributed by atoms with Crippen molar-refractivity contribution in [1.82, 2.24) is 9.55 Å². The molecule has 0 saturated carbocycles. The normalized spacial score (nSPS) is 11.5. The Morgan fingerprint density at radius 2 is 1.82 bits per heavy atom. The number of halogens is 1. The summed E-state index contributed by atoms with van der Waals surface area (Å²) in [6.07, 6.45) is -0.637. The second kappa shape index (κ2) is 7.42. The Morgan fingerprint density at radius 1 is 1.14 bits per heavy atom. The van der Waals surface area contributed by atoms with Crippen LogP contribution in [0.1, 0.15) is 27.7 Å². The SMILES string of the molecule is CCN(C(=O)OC(C)(C)C)c1nc2cccc(F)c2c(=O)n1-c1ccccc1. The van der Waals surface area contributed by atoms with Crippen molar-refractivity contribution in [2.75, 3.05) is 11.4 Å². The van der Waals surface area contributed by atoms with Gasteiger partial charge in [-0.1, -0.05) is 24.3 Å². The van der Waals surface area contributed by atoms with Crippen LogP contribution in [0.15, 0.2) is 53.3 Å². The van der Waals surface area contributed by atoms with Crippen molar-refractivity contribution in [3.63, 3.8) is 0 Å². The molecule has 0 unspecified atom stereocenters. The average Bonchev–Trinajstić information content (AvgIpc) is 2.61. The lowest BCUT2D eigenvalue weighted by Gasteiger charge is -2.27. The molecule has 1 aromatic heterocycles. The van der Waals surface area contributed by atoms with E-state index in [4.69, 9.17) is 4.74 Å². The summed E-state index contributed by atoms with van der Waals surface area (Å²) >= 11 is 0. The van der Waals surface area contributed by atoms with Crippen LogP contribution in [0.4, 0.5) is 15.1 Å². The van der Waals surface area contributed by atoms with Gasteiger partial charge in [0.05, 0.1) is 11.2 Å². The van der Waals surface area contributed by atoms with Gasteiger partial charge in [-0.05, 0) is 52.0 Å². The van der Waals surface area contributed by atoms with E-state index in [1.54, 1.807) is 64.1 Å². The number of ether oxygens (including phenoxy) is 1. The Kier molecular flexibility index (Phi) is 5.18. The molecular weight excluding hydrogens is 361 g/mol. The molecule has 6 nitrogen and oxygen atoms in total.